The Labute approximate surface area is 118 Å². The van der Waals surface area contributed by atoms with Crippen LogP contribution in [0.2, 0.25) is 0 Å². The first kappa shape index (κ1) is 13.0. The highest BCUT2D eigenvalue weighted by Crippen LogP contribution is 2.19. The molecule has 2 aliphatic rings. The molecule has 1 fully saturated rings. The van der Waals surface area contributed by atoms with E-state index >= 15 is 0 Å². The van der Waals surface area contributed by atoms with E-state index in [1.54, 1.807) is 12.1 Å². The second kappa shape index (κ2) is 5.94. The van der Waals surface area contributed by atoms with Crippen LogP contribution in [0.1, 0.15) is 31.2 Å². The number of amides is 1. The number of nitrogens with zero attached hydrogens (tertiary/aromatic N) is 1. The molecule has 1 aliphatic carbocycles. The smallest absolute Gasteiger partial charge is 0.412 e. The van der Waals surface area contributed by atoms with E-state index in [9.17, 15) is 4.79 Å². The van der Waals surface area contributed by atoms with Gasteiger partial charge in [-0.25, -0.2) is 9.79 Å². The zero-order chi connectivity index (χ0) is 13.8. The highest BCUT2D eigenvalue weighted by atomic mass is 16.5. The Bertz CT molecular complexity index is 522. The van der Waals surface area contributed by atoms with Crippen molar-refractivity contribution in [2.24, 2.45) is 4.99 Å². The summed E-state index contributed by atoms with van der Waals surface area (Å²) in [6, 6.07) is 7.52. The summed E-state index contributed by atoms with van der Waals surface area (Å²) in [6.45, 7) is 1.30. The molecular weight excluding hydrogens is 255 g/mol. The van der Waals surface area contributed by atoms with Gasteiger partial charge < -0.3 is 14.8 Å². The molecule has 1 amide bonds. The SMILES string of the molecule is O=[11C](NC1CCCC1)Oc1cccc(C2=NCCO2)c1. The van der Waals surface area contributed by atoms with Gasteiger partial charge in [0.1, 0.15) is 12.4 Å². The number of rotatable bonds is 3. The van der Waals surface area contributed by atoms with Crippen LogP contribution in [0.3, 0.4) is 0 Å². The summed E-state index contributed by atoms with van der Waals surface area (Å²) in [6.07, 6.45) is 4.05. The van der Waals surface area contributed by atoms with Crippen LogP contribution in [-0.4, -0.2) is 31.2 Å². The second-order valence-electron chi connectivity index (χ2n) is 5.08. The summed E-state index contributed by atoms with van der Waals surface area (Å²) in [4.78, 5) is 16.1. The number of carbonyl (C=O) groups excluding carboxylic acids is 1. The lowest BCUT2D eigenvalue weighted by atomic mass is 10.2. The van der Waals surface area contributed by atoms with Crippen molar-refractivity contribution in [3.63, 3.8) is 0 Å². The fourth-order valence-electron chi connectivity index (χ4n) is 2.58. The summed E-state index contributed by atoms with van der Waals surface area (Å²) in [5.74, 6) is 1.13. The molecule has 0 bridgehead atoms. The average molecular weight is 273 g/mol. The average Bonchev–Trinajstić information content (AvgIpc) is 3.11. The maximum atomic E-state index is 11.8. The van der Waals surface area contributed by atoms with Gasteiger partial charge in [-0.05, 0) is 31.0 Å². The first-order valence-electron chi connectivity index (χ1n) is 7.07. The van der Waals surface area contributed by atoms with Gasteiger partial charge in [-0.2, -0.15) is 0 Å². The molecule has 1 N–H and O–H groups in total. The molecule has 106 valence electrons. The summed E-state index contributed by atoms with van der Waals surface area (Å²) in [5.41, 5.74) is 0.841. The number of hydrogen-bond acceptors (Lipinski definition) is 4. The van der Waals surface area contributed by atoms with Crippen LogP contribution in [-0.2, 0) is 4.74 Å². The van der Waals surface area contributed by atoms with E-state index in [0.29, 0.717) is 24.8 Å². The fraction of sp³-hybridized carbons (Fsp3) is 0.467. The molecule has 3 rings (SSSR count). The third-order valence-corrected chi connectivity index (χ3v) is 3.55. The molecule has 20 heavy (non-hydrogen) atoms. The predicted octanol–water partition coefficient (Wildman–Crippen LogP) is 2.49. The maximum Gasteiger partial charge on any atom is 0.412 e. The fourth-order valence-corrected chi connectivity index (χ4v) is 2.58. The van der Waals surface area contributed by atoms with E-state index in [1.165, 1.54) is 12.8 Å². The number of ether oxygens (including phenoxy) is 2. The molecule has 5 heteroatoms. The van der Waals surface area contributed by atoms with Crippen LogP contribution >= 0.6 is 0 Å². The van der Waals surface area contributed by atoms with E-state index in [0.717, 1.165) is 18.4 Å². The normalized spacial score (nSPS) is 18.5. The maximum absolute atomic E-state index is 11.8. The Morgan fingerprint density at radius 3 is 2.95 bits per heavy atom. The van der Waals surface area contributed by atoms with Gasteiger partial charge >= 0.3 is 6.09 Å². The molecule has 0 spiro atoms. The second-order valence-corrected chi connectivity index (χ2v) is 5.08. The van der Waals surface area contributed by atoms with Crippen molar-refractivity contribution < 1.29 is 14.3 Å². The third-order valence-electron chi connectivity index (χ3n) is 3.55. The molecular formula is C15H18N2O3. The van der Waals surface area contributed by atoms with Crippen LogP contribution in [0.25, 0.3) is 0 Å². The summed E-state index contributed by atoms with van der Waals surface area (Å²) >= 11 is 0. The molecule has 1 aromatic carbocycles. The van der Waals surface area contributed by atoms with Gasteiger partial charge in [0.2, 0.25) is 5.90 Å². The zero-order valence-electron chi connectivity index (χ0n) is 11.3. The van der Waals surface area contributed by atoms with E-state index in [2.05, 4.69) is 10.3 Å². The van der Waals surface area contributed by atoms with Crippen LogP contribution < -0.4 is 10.1 Å². The zero-order valence-corrected chi connectivity index (χ0v) is 11.3. The molecule has 1 aromatic rings. The largest absolute Gasteiger partial charge is 0.476 e. The van der Waals surface area contributed by atoms with Crippen molar-refractivity contribution in [2.45, 2.75) is 31.7 Å². The van der Waals surface area contributed by atoms with Gasteiger partial charge in [0, 0.05) is 11.6 Å². The quantitative estimate of drug-likeness (QED) is 0.920. The summed E-state index contributed by atoms with van der Waals surface area (Å²) in [7, 11) is 0. The minimum atomic E-state index is -0.386. The number of carbonyl (C=O) groups is 1. The lowest BCUT2D eigenvalue weighted by Crippen LogP contribution is -2.34. The molecule has 5 nitrogen and oxygen atoms in total. The van der Waals surface area contributed by atoms with Crippen molar-refractivity contribution in [2.75, 3.05) is 13.2 Å². The van der Waals surface area contributed by atoms with E-state index in [-0.39, 0.29) is 12.1 Å². The van der Waals surface area contributed by atoms with Gasteiger partial charge in [-0.1, -0.05) is 18.9 Å². The number of nitrogens with one attached hydrogen (secondary N) is 1. The monoisotopic (exact) mass is 273 g/mol. The molecule has 0 saturated heterocycles. The van der Waals surface area contributed by atoms with Crippen molar-refractivity contribution in [3.05, 3.63) is 29.8 Å². The number of aliphatic imine (C=N–C) groups is 1. The Hall–Kier alpha value is -2.04. The summed E-state index contributed by atoms with van der Waals surface area (Å²) in [5, 5.41) is 2.89. The van der Waals surface area contributed by atoms with Crippen molar-refractivity contribution >= 4 is 12.0 Å². The molecule has 0 unspecified atom stereocenters. The minimum Gasteiger partial charge on any atom is -0.476 e. The van der Waals surface area contributed by atoms with Crippen LogP contribution in [0.15, 0.2) is 29.3 Å². The topological polar surface area (TPSA) is 59.9 Å². The minimum absolute atomic E-state index is 0.258. The standard InChI is InChI=1S/C15H18N2O3/c18-15(17-12-5-1-2-6-12)20-13-7-3-4-11(10-13)14-16-8-9-19-14/h3-4,7,10,12H,1-2,5-6,8-9H2,(H,17,18)/i15-1. The lowest BCUT2D eigenvalue weighted by molar-refractivity contribution is 0.196. The number of benzene rings is 1. The predicted molar refractivity (Wildman–Crippen MR) is 75.2 cm³/mol. The van der Waals surface area contributed by atoms with Gasteiger partial charge in [0.25, 0.3) is 0 Å². The first-order valence-corrected chi connectivity index (χ1v) is 7.07. The van der Waals surface area contributed by atoms with Gasteiger partial charge in [-0.15, -0.1) is 0 Å². The van der Waals surface area contributed by atoms with Crippen molar-refractivity contribution in [3.8, 4) is 5.75 Å². The van der Waals surface area contributed by atoms with Crippen LogP contribution in [0.4, 0.5) is 4.79 Å². The molecule has 0 aromatic heterocycles. The first-order chi connectivity index (χ1) is 9.81. The highest BCUT2D eigenvalue weighted by Gasteiger charge is 2.18. The Morgan fingerprint density at radius 1 is 1.35 bits per heavy atom. The van der Waals surface area contributed by atoms with E-state index in [1.807, 2.05) is 12.1 Å². The van der Waals surface area contributed by atoms with E-state index < -0.39 is 0 Å². The summed E-state index contributed by atoms with van der Waals surface area (Å²) < 4.78 is 10.7. The van der Waals surface area contributed by atoms with Gasteiger partial charge in [-0.3, -0.25) is 0 Å². The van der Waals surface area contributed by atoms with E-state index in [4.69, 9.17) is 9.47 Å². The molecule has 1 heterocycles. The number of hydrogen-bond donors (Lipinski definition) is 1. The van der Waals surface area contributed by atoms with Crippen LogP contribution in [0, 0.1) is 0 Å². The van der Waals surface area contributed by atoms with Gasteiger partial charge in [0.15, 0.2) is 0 Å². The molecule has 0 radical (unpaired) electrons. The molecule has 1 aliphatic heterocycles. The Balaban J connectivity index is 1.61. The Kier molecular flexibility index (Phi) is 3.85. The Morgan fingerprint density at radius 2 is 2.20 bits per heavy atom. The third kappa shape index (κ3) is 3.10. The van der Waals surface area contributed by atoms with Crippen molar-refractivity contribution in [1.29, 1.82) is 0 Å². The van der Waals surface area contributed by atoms with Crippen molar-refractivity contribution in [1.82, 2.24) is 5.32 Å². The van der Waals surface area contributed by atoms with Crippen LogP contribution in [0.5, 0.6) is 5.75 Å². The highest BCUT2D eigenvalue weighted by molar-refractivity contribution is 5.95. The molecule has 0 atom stereocenters. The lowest BCUT2D eigenvalue weighted by Gasteiger charge is -2.12. The molecule has 1 saturated carbocycles. The van der Waals surface area contributed by atoms with Gasteiger partial charge in [0.05, 0.1) is 6.54 Å².